The molecule has 1 aromatic carbocycles. The highest BCUT2D eigenvalue weighted by Crippen LogP contribution is 2.19. The number of benzene rings is 1. The normalized spacial score (nSPS) is 16.5. The SMILES string of the molecule is CCC(CNC(=O)N1CCC(C(=O)O)CC1)Oc1ccccc1F. The largest absolute Gasteiger partial charge is 0.486 e. The molecule has 2 amide bonds. The van der Waals surface area contributed by atoms with Gasteiger partial charge in [0.15, 0.2) is 11.6 Å². The van der Waals surface area contributed by atoms with Crippen molar-refractivity contribution >= 4 is 12.0 Å². The third-order valence-corrected chi connectivity index (χ3v) is 4.20. The molecular formula is C17H23FN2O4. The number of piperidine rings is 1. The number of para-hydroxylation sites is 1. The summed E-state index contributed by atoms with van der Waals surface area (Å²) in [4.78, 5) is 24.7. The molecule has 1 aromatic rings. The molecule has 1 atom stereocenters. The lowest BCUT2D eigenvalue weighted by Gasteiger charge is -2.30. The Kier molecular flexibility index (Phi) is 6.40. The number of hydrogen-bond donors (Lipinski definition) is 2. The Bertz CT molecular complexity index is 573. The van der Waals surface area contributed by atoms with Crippen molar-refractivity contribution in [3.63, 3.8) is 0 Å². The molecule has 0 saturated carbocycles. The maximum Gasteiger partial charge on any atom is 0.317 e. The molecule has 0 bridgehead atoms. The maximum atomic E-state index is 13.6. The molecule has 132 valence electrons. The summed E-state index contributed by atoms with van der Waals surface area (Å²) in [5.41, 5.74) is 0. The van der Waals surface area contributed by atoms with Crippen LogP contribution in [-0.2, 0) is 4.79 Å². The average molecular weight is 338 g/mol. The molecule has 1 fully saturated rings. The minimum atomic E-state index is -0.806. The summed E-state index contributed by atoms with van der Waals surface area (Å²) < 4.78 is 19.2. The minimum Gasteiger partial charge on any atom is -0.486 e. The zero-order valence-corrected chi connectivity index (χ0v) is 13.7. The van der Waals surface area contributed by atoms with Gasteiger partial charge in [0.25, 0.3) is 0 Å². The standard InChI is InChI=1S/C17H23FN2O4/c1-2-13(24-15-6-4-3-5-14(15)18)11-19-17(23)20-9-7-12(8-10-20)16(21)22/h3-6,12-13H,2,7-11H2,1H3,(H,19,23)(H,21,22). The number of hydrogen-bond acceptors (Lipinski definition) is 3. The molecule has 2 rings (SSSR count). The van der Waals surface area contributed by atoms with Gasteiger partial charge in [0.1, 0.15) is 6.10 Å². The number of carboxylic acids is 1. The van der Waals surface area contributed by atoms with Gasteiger partial charge in [-0.2, -0.15) is 0 Å². The Balaban J connectivity index is 1.79. The van der Waals surface area contributed by atoms with Gasteiger partial charge in [0.2, 0.25) is 0 Å². The molecule has 24 heavy (non-hydrogen) atoms. The highest BCUT2D eigenvalue weighted by molar-refractivity contribution is 5.75. The molecule has 1 aliphatic heterocycles. The van der Waals surface area contributed by atoms with Gasteiger partial charge in [-0.25, -0.2) is 9.18 Å². The summed E-state index contributed by atoms with van der Waals surface area (Å²) in [6.07, 6.45) is 1.22. The van der Waals surface area contributed by atoms with Crippen molar-refractivity contribution in [3.8, 4) is 5.75 Å². The number of urea groups is 1. The Morgan fingerprint density at radius 3 is 2.62 bits per heavy atom. The van der Waals surface area contributed by atoms with Crippen molar-refractivity contribution < 1.29 is 23.8 Å². The number of carboxylic acid groups (broad SMARTS) is 1. The molecule has 0 aliphatic carbocycles. The fourth-order valence-electron chi connectivity index (χ4n) is 2.63. The lowest BCUT2D eigenvalue weighted by atomic mass is 9.97. The van der Waals surface area contributed by atoms with Crippen molar-refractivity contribution in [3.05, 3.63) is 30.1 Å². The van der Waals surface area contributed by atoms with Crippen molar-refractivity contribution in [2.24, 2.45) is 5.92 Å². The molecule has 6 nitrogen and oxygen atoms in total. The molecule has 7 heteroatoms. The Morgan fingerprint density at radius 2 is 2.04 bits per heavy atom. The fraction of sp³-hybridized carbons (Fsp3) is 0.529. The number of ether oxygens (including phenoxy) is 1. The van der Waals surface area contributed by atoms with Gasteiger partial charge in [0.05, 0.1) is 12.5 Å². The van der Waals surface area contributed by atoms with Crippen LogP contribution in [0.1, 0.15) is 26.2 Å². The number of carbonyl (C=O) groups excluding carboxylic acids is 1. The van der Waals surface area contributed by atoms with Crippen molar-refractivity contribution in [2.75, 3.05) is 19.6 Å². The van der Waals surface area contributed by atoms with E-state index in [9.17, 15) is 14.0 Å². The molecule has 1 heterocycles. The number of nitrogens with zero attached hydrogens (tertiary/aromatic N) is 1. The lowest BCUT2D eigenvalue weighted by molar-refractivity contribution is -0.143. The van der Waals surface area contributed by atoms with Crippen LogP contribution in [0.3, 0.4) is 0 Å². The molecular weight excluding hydrogens is 315 g/mol. The molecule has 0 aromatic heterocycles. The maximum absolute atomic E-state index is 13.6. The lowest BCUT2D eigenvalue weighted by Crippen LogP contribution is -2.47. The quantitative estimate of drug-likeness (QED) is 0.835. The van der Waals surface area contributed by atoms with Gasteiger partial charge in [-0.3, -0.25) is 4.79 Å². The van der Waals surface area contributed by atoms with E-state index in [0.29, 0.717) is 32.4 Å². The molecule has 2 N–H and O–H groups in total. The predicted octanol–water partition coefficient (Wildman–Crippen LogP) is 2.49. The van der Waals surface area contributed by atoms with Gasteiger partial charge >= 0.3 is 12.0 Å². The number of rotatable bonds is 6. The van der Waals surface area contributed by atoms with E-state index in [1.807, 2.05) is 6.92 Å². The van der Waals surface area contributed by atoms with Crippen LogP contribution in [0, 0.1) is 11.7 Å². The highest BCUT2D eigenvalue weighted by Gasteiger charge is 2.27. The van der Waals surface area contributed by atoms with Gasteiger partial charge in [-0.05, 0) is 31.4 Å². The van der Waals surface area contributed by atoms with E-state index < -0.39 is 11.8 Å². The third kappa shape index (κ3) is 4.84. The van der Waals surface area contributed by atoms with E-state index in [0.717, 1.165) is 0 Å². The average Bonchev–Trinajstić information content (AvgIpc) is 2.60. The third-order valence-electron chi connectivity index (χ3n) is 4.20. The van der Waals surface area contributed by atoms with Crippen LogP contribution in [0.2, 0.25) is 0 Å². The summed E-state index contributed by atoms with van der Waals surface area (Å²) in [6.45, 7) is 3.01. The second-order valence-electron chi connectivity index (χ2n) is 5.86. The first-order chi connectivity index (χ1) is 11.5. The summed E-state index contributed by atoms with van der Waals surface area (Å²) in [6, 6.07) is 5.92. The Labute approximate surface area is 140 Å². The zero-order valence-electron chi connectivity index (χ0n) is 13.7. The molecule has 0 radical (unpaired) electrons. The molecule has 1 aliphatic rings. The van der Waals surface area contributed by atoms with E-state index in [-0.39, 0.29) is 30.3 Å². The van der Waals surface area contributed by atoms with Gasteiger partial charge < -0.3 is 20.1 Å². The first-order valence-corrected chi connectivity index (χ1v) is 8.18. The van der Waals surface area contributed by atoms with Crippen LogP contribution in [0.5, 0.6) is 5.75 Å². The van der Waals surface area contributed by atoms with E-state index in [4.69, 9.17) is 9.84 Å². The van der Waals surface area contributed by atoms with Crippen LogP contribution >= 0.6 is 0 Å². The van der Waals surface area contributed by atoms with E-state index >= 15 is 0 Å². The first kappa shape index (κ1) is 18.0. The second-order valence-corrected chi connectivity index (χ2v) is 5.86. The van der Waals surface area contributed by atoms with Crippen molar-refractivity contribution in [1.29, 1.82) is 0 Å². The number of likely N-dealkylation sites (tertiary alicyclic amines) is 1. The monoisotopic (exact) mass is 338 g/mol. The summed E-state index contributed by atoms with van der Waals surface area (Å²) in [5.74, 6) is -1.44. The number of nitrogens with one attached hydrogen (secondary N) is 1. The van der Waals surface area contributed by atoms with Crippen LogP contribution in [0.4, 0.5) is 9.18 Å². The second kappa shape index (κ2) is 8.52. The molecule has 0 spiro atoms. The first-order valence-electron chi connectivity index (χ1n) is 8.18. The van der Waals surface area contributed by atoms with Crippen LogP contribution in [-0.4, -0.2) is 47.7 Å². The van der Waals surface area contributed by atoms with E-state index in [2.05, 4.69) is 5.32 Å². The summed E-state index contributed by atoms with van der Waals surface area (Å²) in [7, 11) is 0. The Hall–Kier alpha value is -2.31. The topological polar surface area (TPSA) is 78.9 Å². The van der Waals surface area contributed by atoms with Crippen LogP contribution in [0.25, 0.3) is 0 Å². The summed E-state index contributed by atoms with van der Waals surface area (Å²) >= 11 is 0. The van der Waals surface area contributed by atoms with Crippen molar-refractivity contribution in [2.45, 2.75) is 32.3 Å². The van der Waals surface area contributed by atoms with Crippen LogP contribution in [0.15, 0.2) is 24.3 Å². The van der Waals surface area contributed by atoms with Crippen LogP contribution < -0.4 is 10.1 Å². The highest BCUT2D eigenvalue weighted by atomic mass is 19.1. The smallest absolute Gasteiger partial charge is 0.317 e. The number of halogens is 1. The minimum absolute atomic E-state index is 0.167. The zero-order chi connectivity index (χ0) is 17.5. The Morgan fingerprint density at radius 1 is 1.38 bits per heavy atom. The number of amides is 2. The van der Waals surface area contributed by atoms with Gasteiger partial charge in [-0.1, -0.05) is 19.1 Å². The van der Waals surface area contributed by atoms with Crippen molar-refractivity contribution in [1.82, 2.24) is 10.2 Å². The van der Waals surface area contributed by atoms with Gasteiger partial charge in [0, 0.05) is 13.1 Å². The van der Waals surface area contributed by atoms with E-state index in [1.54, 1.807) is 23.1 Å². The molecule has 1 saturated heterocycles. The fourth-order valence-corrected chi connectivity index (χ4v) is 2.63. The molecule has 1 unspecified atom stereocenters. The van der Waals surface area contributed by atoms with Gasteiger partial charge in [-0.15, -0.1) is 0 Å². The number of carbonyl (C=O) groups is 2. The summed E-state index contributed by atoms with van der Waals surface area (Å²) in [5, 5.41) is 11.7. The number of aliphatic carboxylic acids is 1. The predicted molar refractivity (Wildman–Crippen MR) is 86.4 cm³/mol. The van der Waals surface area contributed by atoms with E-state index in [1.165, 1.54) is 6.07 Å².